The molecule has 0 spiro atoms. The molecule has 0 aliphatic heterocycles. The van der Waals surface area contributed by atoms with Gasteiger partial charge < -0.3 is 0 Å². The molecule has 0 N–H and O–H groups in total. The van der Waals surface area contributed by atoms with E-state index in [2.05, 4.69) is 19.1 Å². The molecule has 0 radical (unpaired) electrons. The summed E-state index contributed by atoms with van der Waals surface area (Å²) in [5.41, 5.74) is 2.00. The van der Waals surface area contributed by atoms with E-state index in [1.165, 1.54) is 31.3 Å². The van der Waals surface area contributed by atoms with E-state index in [0.29, 0.717) is 17.1 Å². The third-order valence-electron chi connectivity index (χ3n) is 7.41. The van der Waals surface area contributed by atoms with Crippen LogP contribution in [0.2, 0.25) is 0 Å². The molecule has 106 valence electrons. The monoisotopic (exact) mass is 268 g/mol. The molecule has 0 bridgehead atoms. The first-order valence-electron chi connectivity index (χ1n) is 8.58. The first kappa shape index (κ1) is 11.8. The lowest BCUT2D eigenvalue weighted by Crippen LogP contribution is -2.44. The Morgan fingerprint density at radius 2 is 2.15 bits per heavy atom. The van der Waals surface area contributed by atoms with E-state index in [4.69, 9.17) is 0 Å². The average molecular weight is 268 g/mol. The van der Waals surface area contributed by atoms with Crippen LogP contribution < -0.4 is 0 Å². The SMILES string of the molecule is C[C@]12CC[C@H]3[C@@H](C=CC4=CC(=O)CC[C@@H]43)[C@@H]1[C@@H]1C[C@@H]1C2. The quantitative estimate of drug-likeness (QED) is 0.645. The van der Waals surface area contributed by atoms with Gasteiger partial charge in [-0.05, 0) is 84.7 Å². The summed E-state index contributed by atoms with van der Waals surface area (Å²) in [7, 11) is 0. The van der Waals surface area contributed by atoms with E-state index in [-0.39, 0.29) is 0 Å². The van der Waals surface area contributed by atoms with Crippen molar-refractivity contribution in [3.05, 3.63) is 23.8 Å². The Morgan fingerprint density at radius 3 is 3.05 bits per heavy atom. The number of hydrogen-bond acceptors (Lipinski definition) is 1. The summed E-state index contributed by atoms with van der Waals surface area (Å²) in [6.45, 7) is 2.57. The second-order valence-electron chi connectivity index (χ2n) is 8.44. The smallest absolute Gasteiger partial charge is 0.155 e. The molecule has 3 fully saturated rings. The van der Waals surface area contributed by atoms with E-state index in [9.17, 15) is 4.79 Å². The van der Waals surface area contributed by atoms with E-state index in [1.54, 1.807) is 0 Å². The number of rotatable bonds is 0. The van der Waals surface area contributed by atoms with Gasteiger partial charge in [-0.25, -0.2) is 0 Å². The number of carbonyl (C=O) groups is 1. The molecule has 0 aromatic heterocycles. The number of hydrogen-bond donors (Lipinski definition) is 0. The Labute approximate surface area is 121 Å². The van der Waals surface area contributed by atoms with Crippen molar-refractivity contribution in [3.63, 3.8) is 0 Å². The van der Waals surface area contributed by atoms with Gasteiger partial charge in [0.25, 0.3) is 0 Å². The zero-order valence-corrected chi connectivity index (χ0v) is 12.3. The van der Waals surface area contributed by atoms with Crippen LogP contribution in [0.5, 0.6) is 0 Å². The lowest BCUT2D eigenvalue weighted by molar-refractivity contribution is -0.115. The van der Waals surface area contributed by atoms with Gasteiger partial charge in [0, 0.05) is 6.42 Å². The Hall–Kier alpha value is -0.850. The van der Waals surface area contributed by atoms with Gasteiger partial charge in [-0.3, -0.25) is 4.79 Å². The normalized spacial score (nSPS) is 55.5. The Morgan fingerprint density at radius 1 is 1.25 bits per heavy atom. The summed E-state index contributed by atoms with van der Waals surface area (Å²) in [5, 5.41) is 0. The highest BCUT2D eigenvalue weighted by molar-refractivity contribution is 5.91. The number of ketones is 1. The molecule has 7 atom stereocenters. The van der Waals surface area contributed by atoms with Crippen molar-refractivity contribution in [3.8, 4) is 0 Å². The van der Waals surface area contributed by atoms with Crippen molar-refractivity contribution in [2.75, 3.05) is 0 Å². The van der Waals surface area contributed by atoms with Crippen molar-refractivity contribution >= 4 is 5.78 Å². The zero-order valence-electron chi connectivity index (χ0n) is 12.3. The van der Waals surface area contributed by atoms with Gasteiger partial charge in [-0.15, -0.1) is 0 Å². The molecule has 0 amide bonds. The van der Waals surface area contributed by atoms with E-state index in [1.807, 2.05) is 6.08 Å². The van der Waals surface area contributed by atoms with Gasteiger partial charge in [0.2, 0.25) is 0 Å². The Balaban J connectivity index is 1.54. The predicted molar refractivity (Wildman–Crippen MR) is 79.0 cm³/mol. The summed E-state index contributed by atoms with van der Waals surface area (Å²) in [6, 6.07) is 0. The lowest BCUT2D eigenvalue weighted by atomic mass is 9.53. The maximum Gasteiger partial charge on any atom is 0.155 e. The topological polar surface area (TPSA) is 17.1 Å². The molecular weight excluding hydrogens is 244 g/mol. The summed E-state index contributed by atoms with van der Waals surface area (Å²) in [4.78, 5) is 11.7. The van der Waals surface area contributed by atoms with Crippen LogP contribution in [-0.4, -0.2) is 5.78 Å². The molecule has 0 saturated heterocycles. The van der Waals surface area contributed by atoms with Gasteiger partial charge in [-0.1, -0.05) is 19.1 Å². The molecule has 0 aromatic rings. The third-order valence-corrected chi connectivity index (χ3v) is 7.41. The zero-order chi connectivity index (χ0) is 13.5. The van der Waals surface area contributed by atoms with Crippen molar-refractivity contribution in [1.29, 1.82) is 0 Å². The van der Waals surface area contributed by atoms with Crippen molar-refractivity contribution in [2.24, 2.45) is 40.9 Å². The molecule has 3 saturated carbocycles. The van der Waals surface area contributed by atoms with Gasteiger partial charge in [-0.2, -0.15) is 0 Å². The maximum absolute atomic E-state index is 11.7. The van der Waals surface area contributed by atoms with Gasteiger partial charge in [0.1, 0.15) is 0 Å². The summed E-state index contributed by atoms with van der Waals surface area (Å²) in [6.07, 6.45) is 14.6. The summed E-state index contributed by atoms with van der Waals surface area (Å²) >= 11 is 0. The number of allylic oxidation sites excluding steroid dienone is 4. The highest BCUT2D eigenvalue weighted by Crippen LogP contribution is 2.71. The first-order chi connectivity index (χ1) is 9.66. The van der Waals surface area contributed by atoms with E-state index in [0.717, 1.165) is 42.4 Å². The van der Waals surface area contributed by atoms with Crippen LogP contribution in [0.15, 0.2) is 23.8 Å². The maximum atomic E-state index is 11.7. The van der Waals surface area contributed by atoms with Crippen molar-refractivity contribution in [2.45, 2.75) is 45.4 Å². The molecule has 5 rings (SSSR count). The Bertz CT molecular complexity index is 542. The summed E-state index contributed by atoms with van der Waals surface area (Å²) in [5.74, 6) is 5.79. The molecule has 1 heteroatoms. The van der Waals surface area contributed by atoms with Crippen LogP contribution >= 0.6 is 0 Å². The highest BCUT2D eigenvalue weighted by atomic mass is 16.1. The molecular formula is C19H24O. The van der Waals surface area contributed by atoms with Crippen LogP contribution in [0.3, 0.4) is 0 Å². The molecule has 5 aliphatic carbocycles. The van der Waals surface area contributed by atoms with E-state index < -0.39 is 0 Å². The van der Waals surface area contributed by atoms with Gasteiger partial charge >= 0.3 is 0 Å². The number of carbonyl (C=O) groups excluding carboxylic acids is 1. The summed E-state index contributed by atoms with van der Waals surface area (Å²) < 4.78 is 0. The second kappa shape index (κ2) is 3.67. The molecule has 0 unspecified atom stereocenters. The minimum Gasteiger partial charge on any atom is -0.295 e. The molecule has 0 heterocycles. The molecule has 20 heavy (non-hydrogen) atoms. The fraction of sp³-hybridized carbons (Fsp3) is 0.737. The average Bonchev–Trinajstić information content (AvgIpc) is 3.09. The van der Waals surface area contributed by atoms with E-state index >= 15 is 0 Å². The fourth-order valence-corrected chi connectivity index (χ4v) is 6.59. The van der Waals surface area contributed by atoms with Crippen molar-refractivity contribution in [1.82, 2.24) is 0 Å². The lowest BCUT2D eigenvalue weighted by Gasteiger charge is -2.51. The van der Waals surface area contributed by atoms with Gasteiger partial charge in [0.05, 0.1) is 0 Å². The molecule has 1 nitrogen and oxygen atoms in total. The molecule has 0 aromatic carbocycles. The largest absolute Gasteiger partial charge is 0.295 e. The highest BCUT2D eigenvalue weighted by Gasteiger charge is 2.63. The third kappa shape index (κ3) is 1.42. The first-order valence-corrected chi connectivity index (χ1v) is 8.58. The minimum atomic E-state index is 0.350. The van der Waals surface area contributed by atoms with Crippen LogP contribution in [0.4, 0.5) is 0 Å². The van der Waals surface area contributed by atoms with Crippen molar-refractivity contribution < 1.29 is 4.79 Å². The molecule has 5 aliphatic rings. The minimum absolute atomic E-state index is 0.350. The second-order valence-corrected chi connectivity index (χ2v) is 8.44. The van der Waals surface area contributed by atoms with Crippen LogP contribution in [0, 0.1) is 40.9 Å². The van der Waals surface area contributed by atoms with Crippen LogP contribution in [0.25, 0.3) is 0 Å². The predicted octanol–water partition coefficient (Wildman–Crippen LogP) is 4.15. The van der Waals surface area contributed by atoms with Gasteiger partial charge in [0.15, 0.2) is 5.78 Å². The van der Waals surface area contributed by atoms with Crippen LogP contribution in [0.1, 0.15) is 45.4 Å². The Kier molecular flexibility index (Phi) is 2.16. The fourth-order valence-electron chi connectivity index (χ4n) is 6.59. The number of fused-ring (bicyclic) bond motifs is 7. The van der Waals surface area contributed by atoms with Crippen LogP contribution in [-0.2, 0) is 4.79 Å². The standard InChI is InChI=1S/C19H24O/c1-19-7-6-15-14-5-3-13(20)8-11(14)2-4-16(15)18(19)17-9-12(17)10-19/h2,4,8,12,14-18H,3,5-7,9-10H2,1H3/t12-,14+,15-,16-,17-,18-,19-/m1/s1.